The molecule has 0 radical (unpaired) electrons. The van der Waals surface area contributed by atoms with Gasteiger partial charge in [0.05, 0.1) is 12.8 Å². The molecule has 1 rings (SSSR count). The fraction of sp³-hybridized carbons (Fsp3) is 0.429. The first-order valence-corrected chi connectivity index (χ1v) is 6.93. The highest BCUT2D eigenvalue weighted by Gasteiger charge is 2.73. The van der Waals surface area contributed by atoms with Crippen molar-refractivity contribution in [1.82, 2.24) is 0 Å². The second-order valence-electron chi connectivity index (χ2n) is 5.14. The molecule has 0 saturated heterocycles. The van der Waals surface area contributed by atoms with Crippen LogP contribution in [0.15, 0.2) is 18.2 Å². The van der Waals surface area contributed by atoms with E-state index in [0.29, 0.717) is 6.07 Å². The first-order chi connectivity index (χ1) is 12.1. The molecule has 0 saturated carbocycles. The summed E-state index contributed by atoms with van der Waals surface area (Å²) in [4.78, 5) is 22.4. The summed E-state index contributed by atoms with van der Waals surface area (Å²) < 4.78 is 99.8. The number of ether oxygens (including phenoxy) is 2. The van der Waals surface area contributed by atoms with Gasteiger partial charge in [-0.05, 0) is 19.1 Å². The van der Waals surface area contributed by atoms with E-state index in [1.807, 2.05) is 5.32 Å². The summed E-state index contributed by atoms with van der Waals surface area (Å²) in [6.45, 7) is 1.10. The molecule has 1 aromatic carbocycles. The summed E-state index contributed by atoms with van der Waals surface area (Å²) in [6.07, 6.45) is -15.3. The normalized spacial score (nSPS) is 13.7. The summed E-state index contributed by atoms with van der Waals surface area (Å²) in [6, 6.07) is 0.920. The number of carbonyl (C=O) groups excluding carboxylic acids is 2. The monoisotopic (exact) mass is 406 g/mol. The summed E-state index contributed by atoms with van der Waals surface area (Å²) in [5.74, 6) is -1.71. The van der Waals surface area contributed by atoms with E-state index >= 15 is 0 Å². The Bertz CT molecular complexity index is 704. The largest absolute Gasteiger partial charge is 0.495 e. The molecule has 0 spiro atoms. The summed E-state index contributed by atoms with van der Waals surface area (Å²) >= 11 is 0. The molecule has 0 aliphatic heterocycles. The lowest BCUT2D eigenvalue weighted by Gasteiger charge is -2.30. The molecule has 0 bridgehead atoms. The van der Waals surface area contributed by atoms with E-state index in [0.717, 1.165) is 14.0 Å². The third kappa shape index (κ3) is 4.52. The van der Waals surface area contributed by atoms with Gasteiger partial charge in [-0.1, -0.05) is 6.07 Å². The Labute approximate surface area is 147 Å². The van der Waals surface area contributed by atoms with Gasteiger partial charge in [-0.2, -0.15) is 26.3 Å². The van der Waals surface area contributed by atoms with Gasteiger partial charge in [0.25, 0.3) is 5.91 Å². The summed E-state index contributed by atoms with van der Waals surface area (Å²) in [7, 11) is 0.874. The molecule has 1 atom stereocenters. The van der Waals surface area contributed by atoms with Crippen molar-refractivity contribution >= 4 is 17.7 Å². The average Bonchev–Trinajstić information content (AvgIpc) is 2.51. The minimum atomic E-state index is -6.30. The van der Waals surface area contributed by atoms with Crippen molar-refractivity contribution in [2.45, 2.75) is 31.0 Å². The van der Waals surface area contributed by atoms with Gasteiger partial charge in [-0.25, -0.2) is 9.18 Å². The number of nitrogens with one attached hydrogen (secondary N) is 1. The van der Waals surface area contributed by atoms with Crippen molar-refractivity contribution in [3.05, 3.63) is 23.8 Å². The first-order valence-electron chi connectivity index (χ1n) is 6.93. The zero-order valence-electron chi connectivity index (χ0n) is 13.7. The molecule has 13 heteroatoms. The molecular weight excluding hydrogens is 393 g/mol. The number of hydrogen-bond acceptors (Lipinski definition) is 4. The maximum absolute atomic E-state index is 14.1. The standard InChI is InChI=1S/C14H13F7N2O4/c1-6(27-11(22)25)10(24)23-8-4-3-7(5-9(8)26-2)12(15,13(16,17)18)14(19,20)21/h3-6H,1-2H3,(H2,22,25)(H,23,24). The number of primary amides is 1. The lowest BCUT2D eigenvalue weighted by molar-refractivity contribution is -0.348. The molecule has 0 aromatic heterocycles. The number of benzene rings is 1. The number of carbonyl (C=O) groups is 2. The fourth-order valence-corrected chi connectivity index (χ4v) is 1.96. The first kappa shape index (κ1) is 22.3. The van der Waals surface area contributed by atoms with Crippen LogP contribution in [0, 0.1) is 0 Å². The van der Waals surface area contributed by atoms with Crippen LogP contribution in [0.4, 0.5) is 41.2 Å². The van der Waals surface area contributed by atoms with E-state index in [1.165, 1.54) is 0 Å². The molecule has 0 heterocycles. The van der Waals surface area contributed by atoms with E-state index < -0.39 is 53.1 Å². The highest BCUT2D eigenvalue weighted by Crippen LogP contribution is 2.54. The number of alkyl halides is 7. The Morgan fingerprint density at radius 1 is 1.07 bits per heavy atom. The molecule has 1 aromatic rings. The van der Waals surface area contributed by atoms with Crippen molar-refractivity contribution in [2.24, 2.45) is 5.73 Å². The zero-order chi connectivity index (χ0) is 21.2. The quantitative estimate of drug-likeness (QED) is 0.734. The van der Waals surface area contributed by atoms with E-state index in [9.17, 15) is 40.3 Å². The lowest BCUT2D eigenvalue weighted by Crippen LogP contribution is -2.50. The Morgan fingerprint density at radius 2 is 1.59 bits per heavy atom. The van der Waals surface area contributed by atoms with Crippen molar-refractivity contribution in [3.63, 3.8) is 0 Å². The van der Waals surface area contributed by atoms with Crippen LogP contribution in [-0.2, 0) is 15.2 Å². The molecule has 0 aliphatic rings. The third-order valence-electron chi connectivity index (χ3n) is 3.30. The fourth-order valence-electron chi connectivity index (χ4n) is 1.96. The van der Waals surface area contributed by atoms with Gasteiger partial charge < -0.3 is 20.5 Å². The topological polar surface area (TPSA) is 90.7 Å². The van der Waals surface area contributed by atoms with Gasteiger partial charge in [0, 0.05) is 5.56 Å². The van der Waals surface area contributed by atoms with Crippen LogP contribution in [0.5, 0.6) is 5.75 Å². The summed E-state index contributed by atoms with van der Waals surface area (Å²) in [5.41, 5.74) is -3.13. The van der Waals surface area contributed by atoms with E-state index in [2.05, 4.69) is 9.47 Å². The molecule has 152 valence electrons. The number of amides is 2. The Hall–Kier alpha value is -2.73. The molecule has 2 amide bonds. The molecule has 0 aliphatic carbocycles. The van der Waals surface area contributed by atoms with Gasteiger partial charge in [0.2, 0.25) is 0 Å². The number of hydrogen-bond donors (Lipinski definition) is 2. The SMILES string of the molecule is COc1cc(C(F)(C(F)(F)F)C(F)(F)F)ccc1NC(=O)C(C)OC(N)=O. The number of anilines is 1. The van der Waals surface area contributed by atoms with Crippen LogP contribution in [0.2, 0.25) is 0 Å². The van der Waals surface area contributed by atoms with E-state index in [-0.39, 0.29) is 12.1 Å². The van der Waals surface area contributed by atoms with Gasteiger partial charge in [0.15, 0.2) is 6.10 Å². The van der Waals surface area contributed by atoms with Gasteiger partial charge in [-0.15, -0.1) is 0 Å². The molecule has 3 N–H and O–H groups in total. The lowest BCUT2D eigenvalue weighted by atomic mass is 9.93. The molecule has 6 nitrogen and oxygen atoms in total. The average molecular weight is 406 g/mol. The number of halogens is 7. The molecule has 0 fully saturated rings. The van der Waals surface area contributed by atoms with Gasteiger partial charge >= 0.3 is 24.1 Å². The van der Waals surface area contributed by atoms with Crippen LogP contribution in [0.1, 0.15) is 12.5 Å². The van der Waals surface area contributed by atoms with Crippen LogP contribution >= 0.6 is 0 Å². The van der Waals surface area contributed by atoms with Crippen LogP contribution < -0.4 is 15.8 Å². The maximum atomic E-state index is 14.1. The molecule has 27 heavy (non-hydrogen) atoms. The number of nitrogens with two attached hydrogens (primary N) is 1. The third-order valence-corrected chi connectivity index (χ3v) is 3.30. The number of rotatable bonds is 5. The predicted octanol–water partition coefficient (Wildman–Crippen LogP) is 3.41. The zero-order valence-corrected chi connectivity index (χ0v) is 13.7. The second kappa shape index (κ2) is 7.48. The molecule has 1 unspecified atom stereocenters. The van der Waals surface area contributed by atoms with Crippen LogP contribution in [-0.4, -0.2) is 37.6 Å². The van der Waals surface area contributed by atoms with Crippen LogP contribution in [0.25, 0.3) is 0 Å². The highest BCUT2D eigenvalue weighted by atomic mass is 19.4. The second-order valence-corrected chi connectivity index (χ2v) is 5.14. The van der Waals surface area contributed by atoms with Crippen molar-refractivity contribution in [2.75, 3.05) is 12.4 Å². The Morgan fingerprint density at radius 3 is 2.00 bits per heavy atom. The Kier molecular flexibility index (Phi) is 6.18. The minimum Gasteiger partial charge on any atom is -0.495 e. The Balaban J connectivity index is 3.31. The predicted molar refractivity (Wildman–Crippen MR) is 76.7 cm³/mol. The van der Waals surface area contributed by atoms with Crippen molar-refractivity contribution in [1.29, 1.82) is 0 Å². The highest BCUT2D eigenvalue weighted by molar-refractivity contribution is 5.96. The smallest absolute Gasteiger partial charge is 0.435 e. The van der Waals surface area contributed by atoms with Crippen LogP contribution in [0.3, 0.4) is 0 Å². The van der Waals surface area contributed by atoms with Crippen molar-refractivity contribution in [3.8, 4) is 5.75 Å². The van der Waals surface area contributed by atoms with E-state index in [4.69, 9.17) is 5.73 Å². The van der Waals surface area contributed by atoms with E-state index in [1.54, 1.807) is 0 Å². The summed E-state index contributed by atoms with van der Waals surface area (Å²) in [5, 5.41) is 2.04. The maximum Gasteiger partial charge on any atom is 0.435 e. The van der Waals surface area contributed by atoms with Crippen molar-refractivity contribution < 1.29 is 49.8 Å². The minimum absolute atomic E-state index is 0.149. The number of methoxy groups -OCH3 is 1. The van der Waals surface area contributed by atoms with Gasteiger partial charge in [0.1, 0.15) is 5.75 Å². The molecular formula is C14H13F7N2O4. The van der Waals surface area contributed by atoms with Gasteiger partial charge in [-0.3, -0.25) is 4.79 Å².